The molecule has 3 aliphatic rings. The number of nitrogens with zero attached hydrogens (tertiary/aromatic N) is 1. The van der Waals surface area contributed by atoms with Crippen molar-refractivity contribution >= 4 is 27.8 Å². The van der Waals surface area contributed by atoms with Crippen LogP contribution in [0.15, 0.2) is 200 Å². The lowest BCUT2D eigenvalue weighted by atomic mass is 9.66. The van der Waals surface area contributed by atoms with E-state index in [1.54, 1.807) is 0 Å². The van der Waals surface area contributed by atoms with Crippen LogP contribution < -0.4 is 4.90 Å². The SMILES string of the molecule is CC1(C)c2ccccc2-c2ccc(N(c3ccc4c(c3)C(c3ccccc3)(c3ccccc3)c3c-4ccc4ccccc34)c3cccc4c3-c3ccccc3CCC4)cc21. The van der Waals surface area contributed by atoms with Crippen molar-refractivity contribution in [3.05, 3.63) is 245 Å². The molecular weight excluding hydrogens is 723 g/mol. The zero-order valence-electron chi connectivity index (χ0n) is 34.1. The summed E-state index contributed by atoms with van der Waals surface area (Å²) in [4.78, 5) is 2.59. The number of anilines is 3. The van der Waals surface area contributed by atoms with Gasteiger partial charge in [0.15, 0.2) is 0 Å². The van der Waals surface area contributed by atoms with Crippen molar-refractivity contribution < 1.29 is 0 Å². The molecule has 0 saturated heterocycles. The largest absolute Gasteiger partial charge is 0.310 e. The molecular formula is C59H45N. The van der Waals surface area contributed by atoms with Crippen LogP contribution in [0.25, 0.3) is 44.2 Å². The Morgan fingerprint density at radius 1 is 0.417 bits per heavy atom. The van der Waals surface area contributed by atoms with Gasteiger partial charge in [0.2, 0.25) is 0 Å². The standard InChI is InChI=1S/C59H45N/c1-58(2)52-29-14-13-28-48(52)49-35-32-44(37-53(49)58)60(55-30-16-21-41-20-15-19-39-17-9-11-26-46(39)56(41)55)45-33-36-50-51-34-31-40-18-10-12-27-47(40)57(51)59(54(50)38-45,42-22-5-3-6-23-42)43-24-7-4-8-25-43/h3-14,16-18,21-38H,15,19-20H2,1-2H3. The summed E-state index contributed by atoms with van der Waals surface area (Å²) in [5.41, 5.74) is 21.7. The molecule has 0 atom stereocenters. The van der Waals surface area contributed by atoms with Crippen LogP contribution in [-0.2, 0) is 23.7 Å². The van der Waals surface area contributed by atoms with Gasteiger partial charge in [-0.05, 0) is 133 Å². The summed E-state index contributed by atoms with van der Waals surface area (Å²) in [6.07, 6.45) is 3.27. The Morgan fingerprint density at radius 2 is 0.983 bits per heavy atom. The number of hydrogen-bond acceptors (Lipinski definition) is 1. The maximum absolute atomic E-state index is 2.59. The number of aryl methyl sites for hydroxylation is 2. The van der Waals surface area contributed by atoms with E-state index in [0.29, 0.717) is 0 Å². The topological polar surface area (TPSA) is 3.24 Å². The summed E-state index contributed by atoms with van der Waals surface area (Å²) >= 11 is 0. The summed E-state index contributed by atoms with van der Waals surface area (Å²) in [6, 6.07) is 75.8. The fourth-order valence-electron chi connectivity index (χ4n) is 11.4. The van der Waals surface area contributed by atoms with Crippen molar-refractivity contribution in [2.45, 2.75) is 43.9 Å². The molecule has 1 heteroatoms. The van der Waals surface area contributed by atoms with Gasteiger partial charge in [-0.3, -0.25) is 0 Å². The lowest BCUT2D eigenvalue weighted by molar-refractivity contribution is 0.660. The minimum absolute atomic E-state index is 0.135. The highest BCUT2D eigenvalue weighted by Crippen LogP contribution is 2.60. The third-order valence-corrected chi connectivity index (χ3v) is 14.0. The molecule has 0 radical (unpaired) electrons. The first-order valence-electron chi connectivity index (χ1n) is 21.6. The highest BCUT2D eigenvalue weighted by atomic mass is 15.1. The third kappa shape index (κ3) is 4.93. The van der Waals surface area contributed by atoms with Crippen molar-refractivity contribution in [2.24, 2.45) is 0 Å². The molecule has 0 heterocycles. The van der Waals surface area contributed by atoms with E-state index in [-0.39, 0.29) is 5.41 Å². The fourth-order valence-corrected chi connectivity index (χ4v) is 11.4. The number of rotatable bonds is 5. The minimum atomic E-state index is -0.558. The van der Waals surface area contributed by atoms with Crippen molar-refractivity contribution in [1.29, 1.82) is 0 Å². The first kappa shape index (κ1) is 35.0. The summed E-state index contributed by atoms with van der Waals surface area (Å²) in [5.74, 6) is 0. The third-order valence-electron chi connectivity index (χ3n) is 14.0. The van der Waals surface area contributed by atoms with Crippen molar-refractivity contribution in [1.82, 2.24) is 0 Å². The Hall–Kier alpha value is -6.96. The molecule has 0 spiro atoms. The van der Waals surface area contributed by atoms with Crippen LogP contribution in [0.1, 0.15) is 64.8 Å². The van der Waals surface area contributed by atoms with E-state index in [2.05, 4.69) is 219 Å². The van der Waals surface area contributed by atoms with Crippen LogP contribution in [0, 0.1) is 0 Å². The van der Waals surface area contributed by atoms with Crippen LogP contribution >= 0.6 is 0 Å². The number of hydrogen-bond donors (Lipinski definition) is 0. The fraction of sp³-hybridized carbons (Fsp3) is 0.119. The first-order chi connectivity index (χ1) is 29.5. The van der Waals surface area contributed by atoms with Crippen molar-refractivity contribution in [3.8, 4) is 33.4 Å². The zero-order valence-corrected chi connectivity index (χ0v) is 34.1. The van der Waals surface area contributed by atoms with Gasteiger partial charge in [-0.2, -0.15) is 0 Å². The summed E-state index contributed by atoms with van der Waals surface area (Å²) < 4.78 is 0. The van der Waals surface area contributed by atoms with Crippen molar-refractivity contribution in [2.75, 3.05) is 4.90 Å². The van der Waals surface area contributed by atoms with Crippen LogP contribution in [0.5, 0.6) is 0 Å². The Labute approximate surface area is 353 Å². The lowest BCUT2D eigenvalue weighted by Crippen LogP contribution is -2.29. The van der Waals surface area contributed by atoms with Gasteiger partial charge in [-0.1, -0.05) is 184 Å². The maximum atomic E-state index is 2.59. The number of benzene rings is 9. The summed E-state index contributed by atoms with van der Waals surface area (Å²) in [5, 5.41) is 2.55. The molecule has 0 aromatic heterocycles. The normalized spacial score (nSPS) is 14.9. The second-order valence-electron chi connectivity index (χ2n) is 17.5. The predicted molar refractivity (Wildman–Crippen MR) is 251 cm³/mol. The summed E-state index contributed by atoms with van der Waals surface area (Å²) in [7, 11) is 0. The van der Waals surface area contributed by atoms with E-state index >= 15 is 0 Å². The molecule has 12 rings (SSSR count). The highest BCUT2D eigenvalue weighted by Gasteiger charge is 2.47. The van der Waals surface area contributed by atoms with Gasteiger partial charge in [-0.25, -0.2) is 0 Å². The lowest BCUT2D eigenvalue weighted by Gasteiger charge is -2.36. The average molecular weight is 768 g/mol. The molecule has 0 amide bonds. The molecule has 286 valence electrons. The van der Waals surface area contributed by atoms with E-state index in [9.17, 15) is 0 Å². The van der Waals surface area contributed by atoms with E-state index in [1.807, 2.05) is 0 Å². The molecule has 0 unspecified atom stereocenters. The Bertz CT molecular complexity index is 3110. The van der Waals surface area contributed by atoms with E-state index in [0.717, 1.165) is 24.9 Å². The van der Waals surface area contributed by atoms with Crippen LogP contribution in [-0.4, -0.2) is 0 Å². The van der Waals surface area contributed by atoms with Gasteiger partial charge < -0.3 is 4.90 Å². The number of fused-ring (bicyclic) bond motifs is 11. The molecule has 0 fully saturated rings. The van der Waals surface area contributed by atoms with E-state index < -0.39 is 5.41 Å². The average Bonchev–Trinajstić information content (AvgIpc) is 3.62. The maximum Gasteiger partial charge on any atom is 0.0720 e. The second-order valence-corrected chi connectivity index (χ2v) is 17.5. The van der Waals surface area contributed by atoms with Crippen LogP contribution in [0.4, 0.5) is 17.1 Å². The Morgan fingerprint density at radius 3 is 1.75 bits per heavy atom. The van der Waals surface area contributed by atoms with Gasteiger partial charge in [0.25, 0.3) is 0 Å². The molecule has 9 aromatic carbocycles. The molecule has 9 aromatic rings. The summed E-state index contributed by atoms with van der Waals surface area (Å²) in [6.45, 7) is 4.78. The first-order valence-corrected chi connectivity index (χ1v) is 21.6. The zero-order chi connectivity index (χ0) is 40.0. The van der Waals surface area contributed by atoms with Crippen molar-refractivity contribution in [3.63, 3.8) is 0 Å². The van der Waals surface area contributed by atoms with Crippen LogP contribution in [0.3, 0.4) is 0 Å². The molecule has 0 N–H and O–H groups in total. The Kier molecular flexibility index (Phi) is 7.75. The molecule has 1 nitrogen and oxygen atoms in total. The minimum Gasteiger partial charge on any atom is -0.310 e. The van der Waals surface area contributed by atoms with Gasteiger partial charge >= 0.3 is 0 Å². The van der Waals surface area contributed by atoms with Gasteiger partial charge in [0, 0.05) is 22.4 Å². The molecule has 0 aliphatic heterocycles. The van der Waals surface area contributed by atoms with E-state index in [4.69, 9.17) is 0 Å². The quantitative estimate of drug-likeness (QED) is 0.169. The molecule has 0 bridgehead atoms. The predicted octanol–water partition coefficient (Wildman–Crippen LogP) is 15.1. The smallest absolute Gasteiger partial charge is 0.0720 e. The molecule has 60 heavy (non-hydrogen) atoms. The second kappa shape index (κ2) is 13.3. The molecule has 0 saturated carbocycles. The monoisotopic (exact) mass is 767 g/mol. The van der Waals surface area contributed by atoms with Gasteiger partial charge in [-0.15, -0.1) is 0 Å². The highest BCUT2D eigenvalue weighted by molar-refractivity contribution is 6.01. The van der Waals surface area contributed by atoms with Crippen LogP contribution in [0.2, 0.25) is 0 Å². The van der Waals surface area contributed by atoms with E-state index in [1.165, 1.54) is 100 Å². The Balaban J connectivity index is 1.18. The van der Waals surface area contributed by atoms with Gasteiger partial charge in [0.05, 0.1) is 11.1 Å². The van der Waals surface area contributed by atoms with Gasteiger partial charge in [0.1, 0.15) is 0 Å². The molecule has 3 aliphatic carbocycles.